The number of rotatable bonds is 5. The number of benzene rings is 1. The number of amidine groups is 1. The number of hydrogen-bond donors (Lipinski definition) is 1. The van der Waals surface area contributed by atoms with E-state index in [1.807, 2.05) is 46.9 Å². The second-order valence-corrected chi connectivity index (χ2v) is 8.12. The zero-order chi connectivity index (χ0) is 23.0. The predicted molar refractivity (Wildman–Crippen MR) is 120 cm³/mol. The molecular formula is C24H24FN5O3. The number of ether oxygens (including phenoxy) is 1. The minimum Gasteiger partial charge on any atom is -0.495 e. The third-order valence-corrected chi connectivity index (χ3v) is 5.99. The van der Waals surface area contributed by atoms with Crippen molar-refractivity contribution in [1.82, 2.24) is 19.4 Å². The fourth-order valence-corrected chi connectivity index (χ4v) is 4.37. The van der Waals surface area contributed by atoms with E-state index in [1.54, 1.807) is 13.4 Å². The number of pyridine rings is 1. The highest BCUT2D eigenvalue weighted by Crippen LogP contribution is 2.40. The molecule has 0 spiro atoms. The Balaban J connectivity index is 1.48. The number of aromatic nitrogens is 3. The van der Waals surface area contributed by atoms with Crippen LogP contribution in [0.3, 0.4) is 0 Å². The summed E-state index contributed by atoms with van der Waals surface area (Å²) >= 11 is 0. The Hall–Kier alpha value is -3.72. The number of halogens is 1. The van der Waals surface area contributed by atoms with Crippen LogP contribution in [0.4, 0.5) is 4.39 Å². The average Bonchev–Trinajstić information content (AvgIpc) is 3.44. The van der Waals surface area contributed by atoms with Gasteiger partial charge in [0.1, 0.15) is 18.2 Å². The second-order valence-electron chi connectivity index (χ2n) is 8.12. The smallest absolute Gasteiger partial charge is 0.261 e. The molecule has 1 atom stereocenters. The summed E-state index contributed by atoms with van der Waals surface area (Å²) in [6.45, 7) is 2.17. The van der Waals surface area contributed by atoms with E-state index in [2.05, 4.69) is 15.1 Å². The Morgan fingerprint density at radius 2 is 2.18 bits per heavy atom. The van der Waals surface area contributed by atoms with Crippen molar-refractivity contribution in [3.05, 3.63) is 77.4 Å². The van der Waals surface area contributed by atoms with Gasteiger partial charge in [0.05, 0.1) is 31.0 Å². The molecule has 0 saturated carbocycles. The molecule has 4 heterocycles. The second kappa shape index (κ2) is 8.32. The molecule has 170 valence electrons. The molecule has 3 aromatic rings. The molecule has 0 amide bonds. The van der Waals surface area contributed by atoms with E-state index in [4.69, 9.17) is 9.57 Å². The maximum absolute atomic E-state index is 13.9. The number of aliphatic hydroxyl groups excluding tert-OH is 1. The summed E-state index contributed by atoms with van der Waals surface area (Å²) in [6, 6.07) is 7.27. The number of oxime groups is 1. The van der Waals surface area contributed by atoms with Crippen LogP contribution in [0.1, 0.15) is 29.7 Å². The van der Waals surface area contributed by atoms with Crippen LogP contribution in [0.25, 0.3) is 11.8 Å². The summed E-state index contributed by atoms with van der Waals surface area (Å²) in [7, 11) is 1.64. The number of hydrogen-bond acceptors (Lipinski definition) is 7. The molecule has 2 aliphatic heterocycles. The first-order valence-electron chi connectivity index (χ1n) is 10.7. The molecule has 9 heteroatoms. The molecule has 1 N–H and O–H groups in total. The molecule has 0 aliphatic carbocycles. The molecule has 2 aliphatic rings. The van der Waals surface area contributed by atoms with Crippen molar-refractivity contribution in [2.75, 3.05) is 20.3 Å². The van der Waals surface area contributed by atoms with Crippen LogP contribution in [0.5, 0.6) is 5.75 Å². The Kier molecular flexibility index (Phi) is 5.33. The minimum absolute atomic E-state index is 0.384. The van der Waals surface area contributed by atoms with Gasteiger partial charge in [-0.1, -0.05) is 11.2 Å². The van der Waals surface area contributed by atoms with Crippen molar-refractivity contribution < 1.29 is 19.1 Å². The molecule has 0 radical (unpaired) electrons. The highest BCUT2D eigenvalue weighted by atomic mass is 19.1. The van der Waals surface area contributed by atoms with Crippen molar-refractivity contribution in [3.63, 3.8) is 0 Å². The van der Waals surface area contributed by atoms with Crippen molar-refractivity contribution in [2.45, 2.75) is 25.5 Å². The first-order chi connectivity index (χ1) is 16.0. The first-order valence-corrected chi connectivity index (χ1v) is 10.7. The summed E-state index contributed by atoms with van der Waals surface area (Å²) in [5.41, 5.74) is 2.86. The fraction of sp³-hybridized carbons (Fsp3) is 0.292. The lowest BCUT2D eigenvalue weighted by Crippen LogP contribution is -2.51. The number of nitrogens with zero attached hydrogens (tertiary/aromatic N) is 5. The van der Waals surface area contributed by atoms with Crippen molar-refractivity contribution in [1.29, 1.82) is 0 Å². The first kappa shape index (κ1) is 21.1. The Bertz CT molecular complexity index is 1250. The van der Waals surface area contributed by atoms with Crippen molar-refractivity contribution in [2.24, 2.45) is 5.16 Å². The van der Waals surface area contributed by atoms with Gasteiger partial charge in [0, 0.05) is 24.5 Å². The third kappa shape index (κ3) is 3.64. The highest BCUT2D eigenvalue weighted by molar-refractivity contribution is 6.03. The molecule has 2 aromatic heterocycles. The van der Waals surface area contributed by atoms with Gasteiger partial charge in [-0.3, -0.25) is 4.98 Å². The highest BCUT2D eigenvalue weighted by Gasteiger charge is 2.49. The topological polar surface area (TPSA) is 85.0 Å². The molecular weight excluding hydrogens is 425 g/mol. The SMILES string of the molecule is COc1cc(/C=C2\CCCN3C2=NOC3(CO)c2cncc(F)c2)ccc1-n1cnc(C)c1. The third-order valence-electron chi connectivity index (χ3n) is 5.99. The monoisotopic (exact) mass is 449 g/mol. The number of methoxy groups -OCH3 is 1. The summed E-state index contributed by atoms with van der Waals surface area (Å²) in [4.78, 5) is 15.8. The van der Waals surface area contributed by atoms with Gasteiger partial charge in [-0.05, 0) is 55.2 Å². The quantitative estimate of drug-likeness (QED) is 0.643. The largest absolute Gasteiger partial charge is 0.495 e. The standard InChI is InChI=1S/C24H24FN5O3/c1-16-13-29(15-27-16)21-6-5-17(9-22(21)32-2)8-18-4-3-7-30-23(18)28-33-24(30,14-31)19-10-20(25)12-26-11-19/h5-6,8-13,15,31H,3-4,7,14H2,1-2H3/b18-8+. The number of imidazole rings is 1. The van der Waals surface area contributed by atoms with Gasteiger partial charge < -0.3 is 24.1 Å². The summed E-state index contributed by atoms with van der Waals surface area (Å²) in [6.07, 6.45) is 9.98. The van der Waals surface area contributed by atoms with E-state index in [0.29, 0.717) is 17.9 Å². The van der Waals surface area contributed by atoms with E-state index >= 15 is 0 Å². The molecule has 1 fully saturated rings. The van der Waals surface area contributed by atoms with Gasteiger partial charge >= 0.3 is 0 Å². The zero-order valence-corrected chi connectivity index (χ0v) is 18.4. The van der Waals surface area contributed by atoms with Crippen molar-refractivity contribution >= 4 is 11.9 Å². The van der Waals surface area contributed by atoms with Gasteiger partial charge in [0.25, 0.3) is 5.72 Å². The zero-order valence-electron chi connectivity index (χ0n) is 18.4. The van der Waals surface area contributed by atoms with Gasteiger partial charge in [0.15, 0.2) is 5.84 Å². The van der Waals surface area contributed by atoms with Crippen LogP contribution >= 0.6 is 0 Å². The van der Waals surface area contributed by atoms with E-state index in [1.165, 1.54) is 12.3 Å². The lowest BCUT2D eigenvalue weighted by molar-refractivity contribution is -0.137. The molecule has 5 rings (SSSR count). The van der Waals surface area contributed by atoms with Gasteiger partial charge in [-0.2, -0.15) is 0 Å². The number of aliphatic hydroxyl groups is 1. The normalized spacial score (nSPS) is 21.0. The molecule has 1 unspecified atom stereocenters. The van der Waals surface area contributed by atoms with Crippen molar-refractivity contribution in [3.8, 4) is 11.4 Å². The van der Waals surface area contributed by atoms with Crippen LogP contribution in [0.15, 0.2) is 59.9 Å². The van der Waals surface area contributed by atoms with Gasteiger partial charge in [0.2, 0.25) is 0 Å². The van der Waals surface area contributed by atoms with Crippen LogP contribution in [-0.2, 0) is 10.6 Å². The average molecular weight is 449 g/mol. The lowest BCUT2D eigenvalue weighted by atomic mass is 9.95. The number of fused-ring (bicyclic) bond motifs is 1. The molecule has 33 heavy (non-hydrogen) atoms. The predicted octanol–water partition coefficient (Wildman–Crippen LogP) is 3.39. The molecule has 0 bridgehead atoms. The maximum Gasteiger partial charge on any atom is 0.261 e. The molecule has 8 nitrogen and oxygen atoms in total. The summed E-state index contributed by atoms with van der Waals surface area (Å²) < 4.78 is 21.4. The number of aryl methyl sites for hydroxylation is 1. The van der Waals surface area contributed by atoms with E-state index in [-0.39, 0.29) is 6.61 Å². The Morgan fingerprint density at radius 3 is 2.91 bits per heavy atom. The van der Waals surface area contributed by atoms with Crippen LogP contribution < -0.4 is 4.74 Å². The van der Waals surface area contributed by atoms with E-state index < -0.39 is 11.5 Å². The summed E-state index contributed by atoms with van der Waals surface area (Å²) in [5.74, 6) is 0.854. The molecule has 1 saturated heterocycles. The Labute approximate surface area is 190 Å². The maximum atomic E-state index is 13.9. The molecule has 1 aromatic carbocycles. The van der Waals surface area contributed by atoms with E-state index in [0.717, 1.165) is 47.3 Å². The van der Waals surface area contributed by atoms with Gasteiger partial charge in [-0.15, -0.1) is 0 Å². The summed E-state index contributed by atoms with van der Waals surface area (Å²) in [5, 5.41) is 14.5. The van der Waals surface area contributed by atoms with E-state index in [9.17, 15) is 9.50 Å². The Morgan fingerprint density at radius 1 is 1.30 bits per heavy atom. The minimum atomic E-state index is -1.29. The van der Waals surface area contributed by atoms with Crippen LogP contribution in [0.2, 0.25) is 0 Å². The fourth-order valence-electron chi connectivity index (χ4n) is 4.37. The lowest BCUT2D eigenvalue weighted by Gasteiger charge is -2.38. The number of piperidine rings is 1. The van der Waals surface area contributed by atoms with Crippen LogP contribution in [0, 0.1) is 12.7 Å². The van der Waals surface area contributed by atoms with Crippen LogP contribution in [-0.4, -0.2) is 50.6 Å². The van der Waals surface area contributed by atoms with Gasteiger partial charge in [-0.25, -0.2) is 9.37 Å².